The topological polar surface area (TPSA) is 89.9 Å². The van der Waals surface area contributed by atoms with Crippen LogP contribution in [0.5, 0.6) is 5.75 Å². The van der Waals surface area contributed by atoms with Gasteiger partial charge in [-0.1, -0.05) is 0 Å². The van der Waals surface area contributed by atoms with Crippen LogP contribution >= 0.6 is 0 Å². The van der Waals surface area contributed by atoms with Gasteiger partial charge in [0, 0.05) is 11.1 Å². The molecule has 130 valence electrons. The molecule has 1 N–H and O–H groups in total. The second-order valence-corrected chi connectivity index (χ2v) is 7.16. The summed E-state index contributed by atoms with van der Waals surface area (Å²) in [5.41, 5.74) is 2.10. The number of likely N-dealkylation sites (tertiary alicyclic amines) is 1. The predicted octanol–water partition coefficient (Wildman–Crippen LogP) is 2.64. The van der Waals surface area contributed by atoms with Gasteiger partial charge in [0.15, 0.2) is 4.90 Å². The average Bonchev–Trinajstić information content (AvgIpc) is 2.57. The Balaban J connectivity index is 1.86. The first-order valence-corrected chi connectivity index (χ1v) is 9.21. The highest BCUT2D eigenvalue weighted by atomic mass is 32.2. The maximum Gasteiger partial charge on any atom is 0.407 e. The number of nitrogens with zero attached hydrogens (tertiary/aromatic N) is 1. The Morgan fingerprint density at radius 1 is 1.28 bits per heavy atom. The SMILES string of the molecule is C[S+]([O-])c1ccc(-c2cc(C=O)ccc2OC2CN(C(=O)O)C2)cc1. The fraction of sp³-hybridized carbons (Fsp3) is 0.222. The minimum absolute atomic E-state index is 0.209. The number of ether oxygens (including phenoxy) is 1. The summed E-state index contributed by atoms with van der Waals surface area (Å²) in [4.78, 5) is 23.9. The molecule has 1 unspecified atom stereocenters. The van der Waals surface area contributed by atoms with Gasteiger partial charge in [-0.25, -0.2) is 4.79 Å². The second-order valence-electron chi connectivity index (χ2n) is 5.78. The van der Waals surface area contributed by atoms with E-state index in [1.165, 1.54) is 4.90 Å². The lowest BCUT2D eigenvalue weighted by molar-refractivity contribution is 0.0255. The zero-order valence-corrected chi connectivity index (χ0v) is 14.4. The average molecular weight is 359 g/mol. The van der Waals surface area contributed by atoms with E-state index in [1.54, 1.807) is 36.6 Å². The number of benzene rings is 2. The zero-order valence-electron chi connectivity index (χ0n) is 13.5. The molecule has 6 nitrogen and oxygen atoms in total. The normalized spacial score (nSPS) is 15.4. The molecule has 3 rings (SSSR count). The Hall–Kier alpha value is -2.51. The van der Waals surface area contributed by atoms with Crippen molar-refractivity contribution in [2.75, 3.05) is 19.3 Å². The van der Waals surface area contributed by atoms with Crippen molar-refractivity contribution >= 4 is 23.6 Å². The van der Waals surface area contributed by atoms with Crippen molar-refractivity contribution < 1.29 is 24.0 Å². The molecular weight excluding hydrogens is 342 g/mol. The molecule has 2 aromatic carbocycles. The van der Waals surface area contributed by atoms with E-state index in [-0.39, 0.29) is 6.10 Å². The van der Waals surface area contributed by atoms with E-state index in [1.807, 2.05) is 12.1 Å². The Morgan fingerprint density at radius 2 is 1.96 bits per heavy atom. The van der Waals surface area contributed by atoms with Crippen molar-refractivity contribution in [3.63, 3.8) is 0 Å². The second kappa shape index (κ2) is 7.16. The van der Waals surface area contributed by atoms with Crippen molar-refractivity contribution in [3.8, 4) is 16.9 Å². The van der Waals surface area contributed by atoms with Crippen LogP contribution in [0, 0.1) is 0 Å². The monoisotopic (exact) mass is 359 g/mol. The molecule has 0 spiro atoms. The minimum atomic E-state index is -1.06. The summed E-state index contributed by atoms with van der Waals surface area (Å²) in [6.07, 6.45) is 1.21. The molecule has 0 aliphatic carbocycles. The molecule has 0 bridgehead atoms. The van der Waals surface area contributed by atoms with Crippen LogP contribution in [0.4, 0.5) is 4.79 Å². The number of carboxylic acid groups (broad SMARTS) is 1. The molecule has 0 radical (unpaired) electrons. The molecule has 1 saturated heterocycles. The summed E-state index contributed by atoms with van der Waals surface area (Å²) < 4.78 is 17.4. The van der Waals surface area contributed by atoms with Crippen LogP contribution < -0.4 is 4.74 Å². The van der Waals surface area contributed by atoms with Gasteiger partial charge in [-0.2, -0.15) is 0 Å². The molecular formula is C18H17NO5S. The first-order chi connectivity index (χ1) is 12.0. The lowest BCUT2D eigenvalue weighted by atomic mass is 10.0. The first kappa shape index (κ1) is 17.3. The third-order valence-electron chi connectivity index (χ3n) is 4.05. The molecule has 7 heteroatoms. The van der Waals surface area contributed by atoms with Gasteiger partial charge >= 0.3 is 6.09 Å². The lowest BCUT2D eigenvalue weighted by Crippen LogP contribution is -2.55. The number of hydrogen-bond acceptors (Lipinski definition) is 4. The van der Waals surface area contributed by atoms with Crippen molar-refractivity contribution in [2.45, 2.75) is 11.0 Å². The Morgan fingerprint density at radius 3 is 2.52 bits per heavy atom. The highest BCUT2D eigenvalue weighted by molar-refractivity contribution is 7.90. The number of amides is 1. The van der Waals surface area contributed by atoms with E-state index >= 15 is 0 Å². The molecule has 1 aliphatic heterocycles. The lowest BCUT2D eigenvalue weighted by Gasteiger charge is -2.37. The van der Waals surface area contributed by atoms with Crippen LogP contribution in [-0.4, -0.2) is 52.4 Å². The number of rotatable bonds is 5. The standard InChI is InChI=1S/C18H17NO5S/c1-25(23)15-5-3-13(4-6-15)16-8-12(11-20)2-7-17(16)24-14-9-19(10-14)18(21)22/h2-8,11,14H,9-10H2,1H3,(H,21,22). The van der Waals surface area contributed by atoms with Crippen LogP contribution in [0.2, 0.25) is 0 Å². The number of carbonyl (C=O) groups is 2. The molecule has 1 aliphatic rings. The van der Waals surface area contributed by atoms with Crippen molar-refractivity contribution in [1.82, 2.24) is 4.90 Å². The van der Waals surface area contributed by atoms with E-state index in [2.05, 4.69) is 0 Å². The minimum Gasteiger partial charge on any atom is -0.612 e. The van der Waals surface area contributed by atoms with E-state index in [4.69, 9.17) is 9.84 Å². The van der Waals surface area contributed by atoms with Gasteiger partial charge in [-0.3, -0.25) is 4.79 Å². The fourth-order valence-corrected chi connectivity index (χ4v) is 3.14. The summed E-state index contributed by atoms with van der Waals surface area (Å²) in [6, 6.07) is 12.3. The summed E-state index contributed by atoms with van der Waals surface area (Å²) >= 11 is -1.06. The summed E-state index contributed by atoms with van der Waals surface area (Å²) in [5, 5.41) is 8.90. The molecule has 1 fully saturated rings. The highest BCUT2D eigenvalue weighted by Gasteiger charge is 2.32. The van der Waals surface area contributed by atoms with E-state index in [0.717, 1.165) is 17.4 Å². The van der Waals surface area contributed by atoms with Gasteiger partial charge in [-0.15, -0.1) is 0 Å². The van der Waals surface area contributed by atoms with Crippen molar-refractivity contribution in [3.05, 3.63) is 48.0 Å². The molecule has 25 heavy (non-hydrogen) atoms. The Labute approximate surface area is 148 Å². The largest absolute Gasteiger partial charge is 0.612 e. The number of aldehydes is 1. The molecule has 1 amide bonds. The van der Waals surface area contributed by atoms with Gasteiger partial charge in [0.25, 0.3) is 0 Å². The number of carbonyl (C=O) groups excluding carboxylic acids is 1. The van der Waals surface area contributed by atoms with E-state index < -0.39 is 17.3 Å². The smallest absolute Gasteiger partial charge is 0.407 e. The maximum absolute atomic E-state index is 11.5. The molecule has 0 saturated carbocycles. The van der Waals surface area contributed by atoms with Gasteiger partial charge in [0.2, 0.25) is 0 Å². The molecule has 0 aromatic heterocycles. The van der Waals surface area contributed by atoms with E-state index in [9.17, 15) is 14.1 Å². The Kier molecular flexibility index (Phi) is 4.96. The predicted molar refractivity (Wildman–Crippen MR) is 93.6 cm³/mol. The fourth-order valence-electron chi connectivity index (χ4n) is 2.62. The quantitative estimate of drug-likeness (QED) is 0.655. The summed E-state index contributed by atoms with van der Waals surface area (Å²) in [5.74, 6) is 0.589. The summed E-state index contributed by atoms with van der Waals surface area (Å²) in [7, 11) is 0. The van der Waals surface area contributed by atoms with E-state index in [0.29, 0.717) is 29.3 Å². The maximum atomic E-state index is 11.5. The zero-order chi connectivity index (χ0) is 18.0. The van der Waals surface area contributed by atoms with Gasteiger partial charge in [0.1, 0.15) is 24.4 Å². The van der Waals surface area contributed by atoms with Crippen molar-refractivity contribution in [1.29, 1.82) is 0 Å². The van der Waals surface area contributed by atoms with Crippen molar-refractivity contribution in [2.24, 2.45) is 0 Å². The van der Waals surface area contributed by atoms with Gasteiger partial charge in [0.05, 0.1) is 13.1 Å². The van der Waals surface area contributed by atoms with Crippen LogP contribution in [0.3, 0.4) is 0 Å². The molecule has 1 heterocycles. The van der Waals surface area contributed by atoms with Gasteiger partial charge < -0.3 is 19.3 Å². The van der Waals surface area contributed by atoms with Gasteiger partial charge in [-0.05, 0) is 59.2 Å². The third-order valence-corrected chi connectivity index (χ3v) is 4.99. The summed E-state index contributed by atoms with van der Waals surface area (Å²) in [6.45, 7) is 0.635. The molecule has 2 aromatic rings. The van der Waals surface area contributed by atoms with Crippen LogP contribution in [-0.2, 0) is 11.2 Å². The highest BCUT2D eigenvalue weighted by Crippen LogP contribution is 2.33. The first-order valence-electron chi connectivity index (χ1n) is 7.65. The van der Waals surface area contributed by atoms with Crippen LogP contribution in [0.1, 0.15) is 10.4 Å². The number of hydrogen-bond donors (Lipinski definition) is 1. The van der Waals surface area contributed by atoms with Crippen LogP contribution in [0.15, 0.2) is 47.4 Å². The third kappa shape index (κ3) is 3.78. The van der Waals surface area contributed by atoms with Crippen LogP contribution in [0.25, 0.3) is 11.1 Å². The Bertz CT molecular complexity index is 785. The molecule has 1 atom stereocenters.